The number of aryl methyl sites for hydroxylation is 3. The molecule has 0 saturated carbocycles. The maximum Gasteiger partial charge on any atom is 0.257 e. The highest BCUT2D eigenvalue weighted by atomic mass is 35.5. The standard InChI is InChI=1S/C21H22ClN3O3S/c1-13-5-8-16(11-20(13)24-29(4,27)28)23-21(26)18-12-17(9-10-19(18)22)25-14(2)6-7-15(25)3/h5-12,24H,1-4H3,(H,23,26). The number of carbonyl (C=O) groups is 1. The summed E-state index contributed by atoms with van der Waals surface area (Å²) in [5, 5.41) is 3.12. The summed E-state index contributed by atoms with van der Waals surface area (Å²) in [7, 11) is -3.43. The van der Waals surface area contributed by atoms with Crippen LogP contribution >= 0.6 is 11.6 Å². The van der Waals surface area contributed by atoms with Gasteiger partial charge in [0.2, 0.25) is 10.0 Å². The van der Waals surface area contributed by atoms with Crippen LogP contribution in [-0.4, -0.2) is 25.1 Å². The van der Waals surface area contributed by atoms with Crippen molar-refractivity contribution in [1.29, 1.82) is 0 Å². The highest BCUT2D eigenvalue weighted by Gasteiger charge is 2.15. The summed E-state index contributed by atoms with van der Waals surface area (Å²) >= 11 is 6.28. The van der Waals surface area contributed by atoms with Gasteiger partial charge in [-0.15, -0.1) is 0 Å². The molecule has 0 spiro atoms. The van der Waals surface area contributed by atoms with Crippen LogP contribution in [0.15, 0.2) is 48.5 Å². The van der Waals surface area contributed by atoms with Gasteiger partial charge in [-0.25, -0.2) is 8.42 Å². The smallest absolute Gasteiger partial charge is 0.257 e. The normalized spacial score (nSPS) is 11.3. The van der Waals surface area contributed by atoms with Crippen molar-refractivity contribution in [2.45, 2.75) is 20.8 Å². The predicted molar refractivity (Wildman–Crippen MR) is 118 cm³/mol. The van der Waals surface area contributed by atoms with Gasteiger partial charge in [0, 0.05) is 22.8 Å². The Labute approximate surface area is 175 Å². The van der Waals surface area contributed by atoms with Crippen LogP contribution in [0.3, 0.4) is 0 Å². The number of hydrogen-bond acceptors (Lipinski definition) is 3. The number of aromatic nitrogens is 1. The molecule has 3 aromatic rings. The number of rotatable bonds is 5. The molecule has 2 N–H and O–H groups in total. The van der Waals surface area contributed by atoms with Crippen molar-refractivity contribution in [2.75, 3.05) is 16.3 Å². The van der Waals surface area contributed by atoms with Crippen molar-refractivity contribution in [3.05, 3.63) is 76.1 Å². The number of benzene rings is 2. The van der Waals surface area contributed by atoms with Crippen molar-refractivity contribution in [3.8, 4) is 5.69 Å². The molecule has 0 aliphatic rings. The SMILES string of the molecule is Cc1ccc(NC(=O)c2cc(-n3c(C)ccc3C)ccc2Cl)cc1NS(C)(=O)=O. The molecule has 8 heteroatoms. The predicted octanol–water partition coefficient (Wildman–Crippen LogP) is 4.68. The third kappa shape index (κ3) is 4.81. The van der Waals surface area contributed by atoms with Crippen LogP contribution in [0.25, 0.3) is 5.69 Å². The molecule has 6 nitrogen and oxygen atoms in total. The molecule has 0 unspecified atom stereocenters. The van der Waals surface area contributed by atoms with E-state index in [1.54, 1.807) is 37.3 Å². The first kappa shape index (κ1) is 21.0. The number of nitrogens with zero attached hydrogens (tertiary/aromatic N) is 1. The Morgan fingerprint density at radius 3 is 2.24 bits per heavy atom. The van der Waals surface area contributed by atoms with Gasteiger partial charge in [0.1, 0.15) is 0 Å². The minimum absolute atomic E-state index is 0.329. The summed E-state index contributed by atoms with van der Waals surface area (Å²) in [5.41, 5.74) is 4.87. The van der Waals surface area contributed by atoms with Crippen molar-refractivity contribution < 1.29 is 13.2 Å². The van der Waals surface area contributed by atoms with Crippen LogP contribution in [0.2, 0.25) is 5.02 Å². The Bertz CT molecular complexity index is 1180. The molecule has 3 rings (SSSR count). The summed E-state index contributed by atoms with van der Waals surface area (Å²) in [6.45, 7) is 5.76. The topological polar surface area (TPSA) is 80.2 Å². The van der Waals surface area contributed by atoms with Gasteiger partial charge in [-0.05, 0) is 68.8 Å². The van der Waals surface area contributed by atoms with Gasteiger partial charge >= 0.3 is 0 Å². The van der Waals surface area contributed by atoms with Gasteiger partial charge in [-0.1, -0.05) is 17.7 Å². The second-order valence-corrected chi connectivity index (χ2v) is 9.13. The minimum Gasteiger partial charge on any atom is -0.322 e. The van der Waals surface area contributed by atoms with Crippen LogP contribution < -0.4 is 10.0 Å². The maximum atomic E-state index is 12.9. The summed E-state index contributed by atoms with van der Waals surface area (Å²) < 4.78 is 27.6. The molecule has 1 aromatic heterocycles. The zero-order valence-corrected chi connectivity index (χ0v) is 18.1. The van der Waals surface area contributed by atoms with E-state index in [2.05, 4.69) is 10.0 Å². The molecule has 0 bridgehead atoms. The molecule has 152 valence electrons. The van der Waals surface area contributed by atoms with E-state index in [9.17, 15) is 13.2 Å². The fourth-order valence-corrected chi connectivity index (χ4v) is 3.93. The van der Waals surface area contributed by atoms with E-state index >= 15 is 0 Å². The Kier molecular flexibility index (Phi) is 5.73. The van der Waals surface area contributed by atoms with E-state index in [1.165, 1.54) is 0 Å². The molecular weight excluding hydrogens is 410 g/mol. The van der Waals surface area contributed by atoms with Crippen molar-refractivity contribution in [1.82, 2.24) is 4.57 Å². The summed E-state index contributed by atoms with van der Waals surface area (Å²) in [6.07, 6.45) is 1.08. The van der Waals surface area contributed by atoms with Gasteiger partial charge in [-0.3, -0.25) is 9.52 Å². The number of amides is 1. The van der Waals surface area contributed by atoms with Crippen molar-refractivity contribution in [2.24, 2.45) is 0 Å². The number of carbonyl (C=O) groups excluding carboxylic acids is 1. The molecule has 0 atom stereocenters. The van der Waals surface area contributed by atoms with E-state index < -0.39 is 10.0 Å². The number of hydrogen-bond donors (Lipinski definition) is 2. The lowest BCUT2D eigenvalue weighted by molar-refractivity contribution is 0.102. The van der Waals surface area contributed by atoms with Crippen LogP contribution in [0.4, 0.5) is 11.4 Å². The lowest BCUT2D eigenvalue weighted by Gasteiger charge is -2.14. The maximum absolute atomic E-state index is 12.9. The Morgan fingerprint density at radius 2 is 1.62 bits per heavy atom. The molecule has 0 aliphatic heterocycles. The molecular formula is C21H22ClN3O3S. The van der Waals surface area contributed by atoms with Crippen LogP contribution in [0.1, 0.15) is 27.3 Å². The largest absolute Gasteiger partial charge is 0.322 e. The number of nitrogens with one attached hydrogen (secondary N) is 2. The lowest BCUT2D eigenvalue weighted by atomic mass is 10.1. The zero-order chi connectivity index (χ0) is 21.3. The van der Waals surface area contributed by atoms with Crippen molar-refractivity contribution >= 4 is 38.9 Å². The van der Waals surface area contributed by atoms with E-state index in [-0.39, 0.29) is 5.91 Å². The second kappa shape index (κ2) is 7.93. The molecule has 0 radical (unpaired) electrons. The van der Waals surface area contributed by atoms with Gasteiger partial charge in [-0.2, -0.15) is 0 Å². The molecule has 0 aliphatic carbocycles. The van der Waals surface area contributed by atoms with Gasteiger partial charge in [0.15, 0.2) is 0 Å². The van der Waals surface area contributed by atoms with E-state index in [0.29, 0.717) is 22.0 Å². The minimum atomic E-state index is -3.43. The first-order valence-electron chi connectivity index (χ1n) is 8.90. The Morgan fingerprint density at radius 1 is 0.966 bits per heavy atom. The fourth-order valence-electron chi connectivity index (χ4n) is 3.11. The van der Waals surface area contributed by atoms with Gasteiger partial charge in [0.25, 0.3) is 5.91 Å². The first-order chi connectivity index (χ1) is 13.5. The fraction of sp³-hybridized carbons (Fsp3) is 0.190. The highest BCUT2D eigenvalue weighted by Crippen LogP contribution is 2.25. The van der Waals surface area contributed by atoms with Crippen LogP contribution in [-0.2, 0) is 10.0 Å². The number of halogens is 1. The van der Waals surface area contributed by atoms with Crippen LogP contribution in [0.5, 0.6) is 0 Å². The van der Waals surface area contributed by atoms with Crippen LogP contribution in [0, 0.1) is 20.8 Å². The molecule has 1 heterocycles. The Balaban J connectivity index is 1.92. The van der Waals surface area contributed by atoms with Gasteiger partial charge in [0.05, 0.1) is 22.5 Å². The molecule has 29 heavy (non-hydrogen) atoms. The monoisotopic (exact) mass is 431 g/mol. The van der Waals surface area contributed by atoms with E-state index in [4.69, 9.17) is 11.6 Å². The summed E-state index contributed by atoms with van der Waals surface area (Å²) in [4.78, 5) is 12.9. The third-order valence-electron chi connectivity index (χ3n) is 4.51. The highest BCUT2D eigenvalue weighted by molar-refractivity contribution is 7.92. The zero-order valence-electron chi connectivity index (χ0n) is 16.6. The second-order valence-electron chi connectivity index (χ2n) is 6.97. The molecule has 0 fully saturated rings. The number of sulfonamides is 1. The average molecular weight is 432 g/mol. The van der Waals surface area contributed by atoms with E-state index in [0.717, 1.165) is 28.9 Å². The lowest BCUT2D eigenvalue weighted by Crippen LogP contribution is -2.15. The van der Waals surface area contributed by atoms with E-state index in [1.807, 2.05) is 36.6 Å². The molecule has 2 aromatic carbocycles. The van der Waals surface area contributed by atoms with Crippen molar-refractivity contribution in [3.63, 3.8) is 0 Å². The Hall–Kier alpha value is -2.77. The molecule has 1 amide bonds. The molecule has 0 saturated heterocycles. The first-order valence-corrected chi connectivity index (χ1v) is 11.2. The summed E-state index contributed by atoms with van der Waals surface area (Å²) in [6, 6.07) is 14.3. The summed E-state index contributed by atoms with van der Waals surface area (Å²) in [5.74, 6) is -0.381. The number of anilines is 2. The van der Waals surface area contributed by atoms with Gasteiger partial charge < -0.3 is 9.88 Å². The quantitative estimate of drug-likeness (QED) is 0.615. The third-order valence-corrected chi connectivity index (χ3v) is 5.44. The average Bonchev–Trinajstić information content (AvgIpc) is 2.96.